The van der Waals surface area contributed by atoms with E-state index in [1.165, 1.54) is 32.1 Å². The SMILES string of the molecule is Cc1ccc2cc(C(=O)C3CCCCCCC3)ccc2n1. The lowest BCUT2D eigenvalue weighted by Gasteiger charge is -2.18. The Bertz CT molecular complexity index is 639. The zero-order chi connectivity index (χ0) is 14.7. The molecule has 2 aromatic rings. The van der Waals surface area contributed by atoms with Crippen molar-refractivity contribution < 1.29 is 4.79 Å². The molecule has 1 fully saturated rings. The highest BCUT2D eigenvalue weighted by molar-refractivity contribution is 6.00. The highest BCUT2D eigenvalue weighted by atomic mass is 16.1. The maximum absolute atomic E-state index is 12.8. The van der Waals surface area contributed by atoms with Crippen molar-refractivity contribution in [2.24, 2.45) is 5.92 Å². The van der Waals surface area contributed by atoms with Crippen LogP contribution in [0.5, 0.6) is 0 Å². The van der Waals surface area contributed by atoms with Crippen molar-refractivity contribution in [2.45, 2.75) is 51.9 Å². The minimum absolute atomic E-state index is 0.223. The smallest absolute Gasteiger partial charge is 0.165 e. The van der Waals surface area contributed by atoms with E-state index in [-0.39, 0.29) is 5.92 Å². The average Bonchev–Trinajstić information content (AvgIpc) is 2.46. The lowest BCUT2D eigenvalue weighted by molar-refractivity contribution is 0.0898. The van der Waals surface area contributed by atoms with E-state index in [0.717, 1.165) is 35.0 Å². The number of Topliss-reactive ketones (excluding diaryl/α,β-unsaturated/α-hetero) is 1. The first-order valence-electron chi connectivity index (χ1n) is 8.16. The number of nitrogens with zero attached hydrogens (tertiary/aromatic N) is 1. The maximum Gasteiger partial charge on any atom is 0.165 e. The Morgan fingerprint density at radius 1 is 1.00 bits per heavy atom. The molecule has 0 unspecified atom stereocenters. The van der Waals surface area contributed by atoms with Crippen molar-refractivity contribution in [1.82, 2.24) is 4.98 Å². The third kappa shape index (κ3) is 3.31. The summed E-state index contributed by atoms with van der Waals surface area (Å²) < 4.78 is 0. The van der Waals surface area contributed by atoms with Crippen LogP contribution in [0.15, 0.2) is 30.3 Å². The van der Waals surface area contributed by atoms with Crippen molar-refractivity contribution >= 4 is 16.7 Å². The van der Waals surface area contributed by atoms with E-state index in [9.17, 15) is 4.79 Å². The van der Waals surface area contributed by atoms with Crippen LogP contribution in [-0.4, -0.2) is 10.8 Å². The minimum atomic E-state index is 0.223. The zero-order valence-electron chi connectivity index (χ0n) is 12.8. The van der Waals surface area contributed by atoms with Gasteiger partial charge in [-0.15, -0.1) is 0 Å². The molecule has 0 N–H and O–H groups in total. The molecule has 1 aliphatic carbocycles. The number of hydrogen-bond donors (Lipinski definition) is 0. The van der Waals surface area contributed by atoms with Crippen molar-refractivity contribution in [1.29, 1.82) is 0 Å². The summed E-state index contributed by atoms with van der Waals surface area (Å²) >= 11 is 0. The number of hydrogen-bond acceptors (Lipinski definition) is 2. The van der Waals surface area contributed by atoms with E-state index in [4.69, 9.17) is 0 Å². The van der Waals surface area contributed by atoms with Crippen LogP contribution in [0, 0.1) is 12.8 Å². The van der Waals surface area contributed by atoms with E-state index in [1.807, 2.05) is 31.2 Å². The van der Waals surface area contributed by atoms with Crippen molar-refractivity contribution in [3.8, 4) is 0 Å². The molecule has 1 saturated carbocycles. The molecule has 0 saturated heterocycles. The molecular formula is C19H23NO. The molecule has 21 heavy (non-hydrogen) atoms. The largest absolute Gasteiger partial charge is 0.294 e. The van der Waals surface area contributed by atoms with Crippen LogP contribution in [-0.2, 0) is 0 Å². The topological polar surface area (TPSA) is 30.0 Å². The number of rotatable bonds is 2. The zero-order valence-corrected chi connectivity index (χ0v) is 12.8. The molecule has 0 spiro atoms. The molecule has 1 aromatic heterocycles. The molecule has 0 bridgehead atoms. The molecule has 0 atom stereocenters. The van der Waals surface area contributed by atoms with Crippen LogP contribution in [0.2, 0.25) is 0 Å². The van der Waals surface area contributed by atoms with Gasteiger partial charge in [-0.2, -0.15) is 0 Å². The lowest BCUT2D eigenvalue weighted by Crippen LogP contribution is -2.16. The summed E-state index contributed by atoms with van der Waals surface area (Å²) in [6, 6.07) is 10.0. The first kappa shape index (κ1) is 14.2. The Balaban J connectivity index is 1.84. The van der Waals surface area contributed by atoms with Gasteiger partial charge in [-0.3, -0.25) is 9.78 Å². The number of benzene rings is 1. The van der Waals surface area contributed by atoms with Crippen LogP contribution in [0.1, 0.15) is 61.0 Å². The molecule has 0 radical (unpaired) electrons. The number of pyridine rings is 1. The van der Waals surface area contributed by atoms with Gasteiger partial charge in [0.1, 0.15) is 0 Å². The summed E-state index contributed by atoms with van der Waals surface area (Å²) in [6.07, 6.45) is 8.42. The van der Waals surface area contributed by atoms with Crippen LogP contribution < -0.4 is 0 Å². The van der Waals surface area contributed by atoms with E-state index in [1.54, 1.807) is 0 Å². The fourth-order valence-corrected chi connectivity index (χ4v) is 3.33. The molecular weight excluding hydrogens is 258 g/mol. The Kier molecular flexibility index (Phi) is 4.33. The van der Waals surface area contributed by atoms with Crippen molar-refractivity contribution in [2.75, 3.05) is 0 Å². The van der Waals surface area contributed by atoms with Gasteiger partial charge in [-0.25, -0.2) is 0 Å². The molecule has 2 heteroatoms. The molecule has 0 amide bonds. The summed E-state index contributed by atoms with van der Waals surface area (Å²) in [5.41, 5.74) is 2.85. The standard InChI is InChI=1S/C19H23NO/c1-14-9-10-16-13-17(11-12-18(16)20-14)19(21)15-7-5-3-2-4-6-8-15/h9-13,15H,2-8H2,1H3. The van der Waals surface area contributed by atoms with Crippen LogP contribution in [0.4, 0.5) is 0 Å². The van der Waals surface area contributed by atoms with Gasteiger partial charge in [0.15, 0.2) is 5.78 Å². The van der Waals surface area contributed by atoms with E-state index >= 15 is 0 Å². The van der Waals surface area contributed by atoms with Gasteiger partial charge in [0.2, 0.25) is 0 Å². The summed E-state index contributed by atoms with van der Waals surface area (Å²) in [4.78, 5) is 17.3. The van der Waals surface area contributed by atoms with Gasteiger partial charge in [0, 0.05) is 22.6 Å². The lowest BCUT2D eigenvalue weighted by atomic mass is 9.85. The Morgan fingerprint density at radius 2 is 1.71 bits per heavy atom. The van der Waals surface area contributed by atoms with Crippen molar-refractivity contribution in [3.63, 3.8) is 0 Å². The van der Waals surface area contributed by atoms with Gasteiger partial charge in [0.25, 0.3) is 0 Å². The number of aromatic nitrogens is 1. The van der Waals surface area contributed by atoms with Gasteiger partial charge < -0.3 is 0 Å². The maximum atomic E-state index is 12.8. The number of carbonyl (C=O) groups excluding carboxylic acids is 1. The molecule has 0 aliphatic heterocycles. The van der Waals surface area contributed by atoms with E-state index < -0.39 is 0 Å². The average molecular weight is 281 g/mol. The van der Waals surface area contributed by atoms with Gasteiger partial charge in [0.05, 0.1) is 5.52 Å². The summed E-state index contributed by atoms with van der Waals surface area (Å²) in [6.45, 7) is 1.99. The van der Waals surface area contributed by atoms with E-state index in [2.05, 4.69) is 11.1 Å². The first-order valence-corrected chi connectivity index (χ1v) is 8.16. The Labute approximate surface area is 126 Å². The number of fused-ring (bicyclic) bond motifs is 1. The molecule has 1 heterocycles. The molecule has 110 valence electrons. The molecule has 1 aromatic carbocycles. The highest BCUT2D eigenvalue weighted by Gasteiger charge is 2.20. The minimum Gasteiger partial charge on any atom is -0.294 e. The highest BCUT2D eigenvalue weighted by Crippen LogP contribution is 2.26. The fraction of sp³-hybridized carbons (Fsp3) is 0.474. The Morgan fingerprint density at radius 3 is 2.48 bits per heavy atom. The molecule has 2 nitrogen and oxygen atoms in total. The summed E-state index contributed by atoms with van der Waals surface area (Å²) in [5, 5.41) is 1.07. The molecule has 1 aliphatic rings. The molecule has 3 rings (SSSR count). The van der Waals surface area contributed by atoms with Gasteiger partial charge in [-0.05, 0) is 44.0 Å². The third-order valence-corrected chi connectivity index (χ3v) is 4.59. The van der Waals surface area contributed by atoms with Crippen LogP contribution in [0.3, 0.4) is 0 Å². The van der Waals surface area contributed by atoms with E-state index in [0.29, 0.717) is 5.78 Å². The predicted molar refractivity (Wildman–Crippen MR) is 86.6 cm³/mol. The summed E-state index contributed by atoms with van der Waals surface area (Å²) in [7, 11) is 0. The number of ketones is 1. The fourth-order valence-electron chi connectivity index (χ4n) is 3.33. The Hall–Kier alpha value is -1.70. The third-order valence-electron chi connectivity index (χ3n) is 4.59. The monoisotopic (exact) mass is 281 g/mol. The normalized spacial score (nSPS) is 17.4. The predicted octanol–water partition coefficient (Wildman–Crippen LogP) is 5.09. The first-order chi connectivity index (χ1) is 10.2. The second-order valence-corrected chi connectivity index (χ2v) is 6.27. The number of aryl methyl sites for hydroxylation is 1. The van der Waals surface area contributed by atoms with Crippen molar-refractivity contribution in [3.05, 3.63) is 41.6 Å². The van der Waals surface area contributed by atoms with Crippen LogP contribution in [0.25, 0.3) is 10.9 Å². The summed E-state index contributed by atoms with van der Waals surface area (Å²) in [5.74, 6) is 0.556. The number of carbonyl (C=O) groups is 1. The second-order valence-electron chi connectivity index (χ2n) is 6.27. The van der Waals surface area contributed by atoms with Crippen LogP contribution >= 0.6 is 0 Å². The van der Waals surface area contributed by atoms with Gasteiger partial charge >= 0.3 is 0 Å². The van der Waals surface area contributed by atoms with Gasteiger partial charge in [-0.1, -0.05) is 38.2 Å². The quantitative estimate of drug-likeness (QED) is 0.718. The second kappa shape index (κ2) is 6.38.